The zero-order chi connectivity index (χ0) is 29.7. The van der Waals surface area contributed by atoms with E-state index in [2.05, 4.69) is 21.4 Å². The fourth-order valence-corrected chi connectivity index (χ4v) is 5.51. The lowest BCUT2D eigenvalue weighted by Crippen LogP contribution is -2.50. The van der Waals surface area contributed by atoms with Crippen molar-refractivity contribution >= 4 is 29.7 Å². The molecule has 2 amide bonds. The molecule has 4 rings (SSSR count). The molecule has 0 aliphatic carbocycles. The predicted octanol–water partition coefficient (Wildman–Crippen LogP) is 2.75. The Morgan fingerprint density at radius 3 is 2.71 bits per heavy atom. The van der Waals surface area contributed by atoms with Crippen LogP contribution in [0.4, 0.5) is 5.69 Å². The number of carboxylic acid groups (broad SMARTS) is 1. The molecule has 0 saturated carbocycles. The maximum Gasteiger partial charge on any atom is 0.304 e. The molecule has 42 heavy (non-hydrogen) atoms. The average Bonchev–Trinajstić information content (AvgIpc) is 3.33. The van der Waals surface area contributed by atoms with E-state index in [-0.39, 0.29) is 18.2 Å². The van der Waals surface area contributed by atoms with Gasteiger partial charge in [0.25, 0.3) is 0 Å². The number of aryl methyl sites for hydroxylation is 1. The smallest absolute Gasteiger partial charge is 0.304 e. The minimum absolute atomic E-state index is 0.0674. The Kier molecular flexibility index (Phi) is 11.9. The number of rotatable bonds is 13. The maximum absolute atomic E-state index is 13.4. The first-order valence-electron chi connectivity index (χ1n) is 14.9. The van der Waals surface area contributed by atoms with Gasteiger partial charge in [0.1, 0.15) is 18.4 Å². The van der Waals surface area contributed by atoms with Gasteiger partial charge in [-0.05, 0) is 62.8 Å². The maximum atomic E-state index is 13.4. The van der Waals surface area contributed by atoms with Gasteiger partial charge in [-0.25, -0.2) is 0 Å². The van der Waals surface area contributed by atoms with Crippen molar-refractivity contribution in [3.05, 3.63) is 59.7 Å². The normalized spacial score (nSPS) is 19.4. The lowest BCUT2D eigenvalue weighted by atomic mass is 9.92. The predicted molar refractivity (Wildman–Crippen MR) is 159 cm³/mol. The largest absolute Gasteiger partial charge is 0.494 e. The summed E-state index contributed by atoms with van der Waals surface area (Å²) in [7, 11) is 0. The molecule has 0 aromatic heterocycles. The SMILES string of the molecule is NCCCCOc1ccc(CCC[C@H](CC(=O)O)C(=O)N[C@H]2CC3C=[N+](CCOCCNC2=O)c2ccccc23)cc1. The summed E-state index contributed by atoms with van der Waals surface area (Å²) in [5, 5.41) is 15.3. The van der Waals surface area contributed by atoms with Gasteiger partial charge < -0.3 is 30.9 Å². The molecule has 10 nitrogen and oxygen atoms in total. The van der Waals surface area contributed by atoms with Crippen LogP contribution < -0.4 is 21.1 Å². The highest BCUT2D eigenvalue weighted by atomic mass is 16.5. The minimum Gasteiger partial charge on any atom is -0.494 e. The molecule has 2 bridgehead atoms. The van der Waals surface area contributed by atoms with Crippen molar-refractivity contribution in [2.45, 2.75) is 56.9 Å². The fourth-order valence-electron chi connectivity index (χ4n) is 5.51. The number of fused-ring (bicyclic) bond motifs is 4. The van der Waals surface area contributed by atoms with E-state index in [0.717, 1.165) is 35.4 Å². The van der Waals surface area contributed by atoms with Crippen molar-refractivity contribution in [3.8, 4) is 5.75 Å². The molecule has 5 N–H and O–H groups in total. The van der Waals surface area contributed by atoms with E-state index in [9.17, 15) is 19.5 Å². The molecule has 0 spiro atoms. The number of unbranched alkanes of at least 4 members (excludes halogenated alkanes) is 1. The fraction of sp³-hybridized carbons (Fsp3) is 0.500. The number of nitrogens with one attached hydrogen (secondary N) is 2. The van der Waals surface area contributed by atoms with Crippen LogP contribution in [-0.4, -0.2) is 79.2 Å². The molecule has 2 aliphatic heterocycles. The van der Waals surface area contributed by atoms with E-state index in [1.807, 2.05) is 48.5 Å². The number of aliphatic carboxylic acids is 1. The first-order valence-corrected chi connectivity index (χ1v) is 14.9. The van der Waals surface area contributed by atoms with Gasteiger partial charge in [0.2, 0.25) is 17.5 Å². The standard InChI is InChI=1S/C32H42N4O6/c33-14-3-4-17-42-26-12-10-23(11-13-26)6-5-7-24(21-30(37)38)31(39)35-28-20-25-22-36(29-9-2-1-8-27(25)29)16-19-41-18-15-34-32(28)40/h1-2,8-13,22,24-25,28H,3-7,14-21,33H2,(H2-,34,35,37,38,39,40)/p+1/t24-,25?,28+/m1/s1. The van der Waals surface area contributed by atoms with Crippen molar-refractivity contribution < 1.29 is 33.5 Å². The quantitative estimate of drug-likeness (QED) is 0.211. The lowest BCUT2D eigenvalue weighted by molar-refractivity contribution is -0.437. The summed E-state index contributed by atoms with van der Waals surface area (Å²) in [6.07, 6.45) is 5.74. The molecular formula is C32H43N4O6+. The number of nitrogens with zero attached hydrogens (tertiary/aromatic N) is 1. The highest BCUT2D eigenvalue weighted by Gasteiger charge is 2.35. The van der Waals surface area contributed by atoms with E-state index in [1.165, 1.54) is 0 Å². The first-order chi connectivity index (χ1) is 20.4. The van der Waals surface area contributed by atoms with Crippen LogP contribution in [0.3, 0.4) is 0 Å². The van der Waals surface area contributed by atoms with Crippen LogP contribution in [0.2, 0.25) is 0 Å². The summed E-state index contributed by atoms with van der Waals surface area (Å²) in [4.78, 5) is 38.3. The molecule has 0 saturated heterocycles. The van der Waals surface area contributed by atoms with Gasteiger partial charge in [-0.2, -0.15) is 4.58 Å². The molecule has 226 valence electrons. The van der Waals surface area contributed by atoms with Crippen molar-refractivity contribution in [2.24, 2.45) is 11.7 Å². The number of nitrogens with two attached hydrogens (primary N) is 1. The van der Waals surface area contributed by atoms with Crippen LogP contribution in [0.5, 0.6) is 5.75 Å². The van der Waals surface area contributed by atoms with Crippen molar-refractivity contribution in [2.75, 3.05) is 39.5 Å². The second kappa shape index (κ2) is 16.0. The Morgan fingerprint density at radius 1 is 1.12 bits per heavy atom. The average molecular weight is 580 g/mol. The van der Waals surface area contributed by atoms with Gasteiger partial charge in [-0.1, -0.05) is 30.3 Å². The summed E-state index contributed by atoms with van der Waals surface area (Å²) in [6.45, 7) is 3.22. The Labute approximate surface area is 247 Å². The summed E-state index contributed by atoms with van der Waals surface area (Å²) < 4.78 is 13.6. The van der Waals surface area contributed by atoms with Gasteiger partial charge >= 0.3 is 5.97 Å². The van der Waals surface area contributed by atoms with Gasteiger partial charge in [-0.3, -0.25) is 14.4 Å². The summed E-state index contributed by atoms with van der Waals surface area (Å²) in [6, 6.07) is 15.1. The summed E-state index contributed by atoms with van der Waals surface area (Å²) in [5.74, 6) is -1.77. The van der Waals surface area contributed by atoms with Gasteiger partial charge in [0, 0.05) is 24.1 Å². The number of para-hydroxylation sites is 1. The number of amides is 2. The van der Waals surface area contributed by atoms with Gasteiger partial charge in [0.05, 0.1) is 25.6 Å². The van der Waals surface area contributed by atoms with Gasteiger partial charge in [0.15, 0.2) is 12.8 Å². The number of carbonyl (C=O) groups is 3. The molecule has 2 heterocycles. The Hall–Kier alpha value is -3.76. The number of hydrogen-bond donors (Lipinski definition) is 4. The summed E-state index contributed by atoms with van der Waals surface area (Å²) in [5.41, 5.74) is 8.77. The Bertz CT molecular complexity index is 1230. The van der Waals surface area contributed by atoms with E-state index in [0.29, 0.717) is 65.1 Å². The van der Waals surface area contributed by atoms with Crippen molar-refractivity contribution in [1.82, 2.24) is 10.6 Å². The molecule has 2 aliphatic rings. The topological polar surface area (TPSA) is 143 Å². The van der Waals surface area contributed by atoms with Crippen LogP contribution in [0.15, 0.2) is 48.5 Å². The molecule has 2 aromatic rings. The molecule has 3 atom stereocenters. The van der Waals surface area contributed by atoms with E-state index >= 15 is 0 Å². The highest BCUT2D eigenvalue weighted by molar-refractivity contribution is 5.90. The van der Waals surface area contributed by atoms with Crippen molar-refractivity contribution in [1.29, 1.82) is 0 Å². The van der Waals surface area contributed by atoms with Crippen LogP contribution in [0.1, 0.15) is 55.6 Å². The second-order valence-corrected chi connectivity index (χ2v) is 10.9. The van der Waals surface area contributed by atoms with E-state index in [4.69, 9.17) is 15.2 Å². The molecule has 2 aromatic carbocycles. The van der Waals surface area contributed by atoms with Crippen LogP contribution in [0, 0.1) is 5.92 Å². The third-order valence-electron chi connectivity index (χ3n) is 7.75. The molecule has 0 radical (unpaired) electrons. The number of ether oxygens (including phenoxy) is 2. The lowest BCUT2D eigenvalue weighted by Gasteiger charge is -2.23. The van der Waals surface area contributed by atoms with Crippen LogP contribution in [-0.2, 0) is 25.5 Å². The zero-order valence-corrected chi connectivity index (χ0v) is 24.1. The Morgan fingerprint density at radius 2 is 1.93 bits per heavy atom. The number of carboxylic acids is 1. The molecule has 10 heteroatoms. The van der Waals surface area contributed by atoms with Crippen LogP contribution >= 0.6 is 0 Å². The van der Waals surface area contributed by atoms with E-state index < -0.39 is 23.8 Å². The molecule has 0 fully saturated rings. The van der Waals surface area contributed by atoms with Crippen LogP contribution in [0.25, 0.3) is 0 Å². The monoisotopic (exact) mass is 579 g/mol. The molecular weight excluding hydrogens is 536 g/mol. The summed E-state index contributed by atoms with van der Waals surface area (Å²) >= 11 is 0. The minimum atomic E-state index is -1.04. The third-order valence-corrected chi connectivity index (χ3v) is 7.75. The number of carbonyl (C=O) groups excluding carboxylic acids is 2. The zero-order valence-electron chi connectivity index (χ0n) is 24.1. The van der Waals surface area contributed by atoms with Gasteiger partial charge in [-0.15, -0.1) is 0 Å². The third kappa shape index (κ3) is 9.12. The Balaban J connectivity index is 1.38. The number of benzene rings is 2. The van der Waals surface area contributed by atoms with Crippen molar-refractivity contribution in [3.63, 3.8) is 0 Å². The first kappa shape index (κ1) is 31.2. The van der Waals surface area contributed by atoms with E-state index in [1.54, 1.807) is 0 Å². The second-order valence-electron chi connectivity index (χ2n) is 10.9. The highest BCUT2D eigenvalue weighted by Crippen LogP contribution is 2.34. The number of hydrogen-bond acceptors (Lipinski definition) is 6. The molecule has 1 unspecified atom stereocenters.